The maximum absolute atomic E-state index is 13.0. The van der Waals surface area contributed by atoms with E-state index < -0.39 is 17.5 Å². The topological polar surface area (TPSA) is 152 Å². The summed E-state index contributed by atoms with van der Waals surface area (Å²) in [6.45, 7) is 2.09. The minimum absolute atomic E-state index is 0.0387. The molecular weight excluding hydrogens is 634 g/mol. The number of aliphatic hydroxyl groups is 1. The lowest BCUT2D eigenvalue weighted by Gasteiger charge is -2.39. The Hall–Kier alpha value is -5.45. The molecule has 1 saturated heterocycles. The number of carboxylic acid groups (broad SMARTS) is 1. The number of benzene rings is 4. The summed E-state index contributed by atoms with van der Waals surface area (Å²) >= 11 is 0. The number of pyridine rings is 1. The van der Waals surface area contributed by atoms with Crippen molar-refractivity contribution in [3.8, 4) is 11.5 Å². The lowest BCUT2D eigenvalue weighted by molar-refractivity contribution is -0.148. The number of aromatic amines is 1. The fourth-order valence-electron chi connectivity index (χ4n) is 6.62. The minimum Gasteiger partial charge on any atom is -0.506 e. The van der Waals surface area contributed by atoms with Gasteiger partial charge in [-0.1, -0.05) is 72.8 Å². The van der Waals surface area contributed by atoms with Gasteiger partial charge >= 0.3 is 5.97 Å². The molecule has 50 heavy (non-hydrogen) atoms. The van der Waals surface area contributed by atoms with E-state index in [0.717, 1.165) is 28.0 Å². The molecule has 0 bridgehead atoms. The van der Waals surface area contributed by atoms with Crippen LogP contribution in [0.1, 0.15) is 53.2 Å². The molecule has 6 rings (SSSR count). The predicted octanol–water partition coefficient (Wildman–Crippen LogP) is 5.21. The van der Waals surface area contributed by atoms with Crippen LogP contribution in [0.4, 0.5) is 0 Å². The molecule has 1 amide bonds. The number of aliphatic hydroxyl groups excluding tert-OH is 1. The van der Waals surface area contributed by atoms with E-state index in [9.17, 15) is 29.7 Å². The van der Waals surface area contributed by atoms with Crippen molar-refractivity contribution in [2.24, 2.45) is 0 Å². The zero-order valence-corrected chi connectivity index (χ0v) is 27.7. The number of phenols is 1. The van der Waals surface area contributed by atoms with E-state index in [1.54, 1.807) is 17.0 Å². The summed E-state index contributed by atoms with van der Waals surface area (Å²) in [6, 6.07) is 31.2. The maximum Gasteiger partial charge on any atom is 0.314 e. The average molecular weight is 676 g/mol. The van der Waals surface area contributed by atoms with E-state index in [1.807, 2.05) is 78.9 Å². The highest BCUT2D eigenvalue weighted by Gasteiger charge is 2.43. The van der Waals surface area contributed by atoms with Gasteiger partial charge in [0.15, 0.2) is 0 Å². The van der Waals surface area contributed by atoms with Gasteiger partial charge in [-0.25, -0.2) is 0 Å². The number of aliphatic carboxylic acids is 1. The van der Waals surface area contributed by atoms with Crippen LogP contribution in [0, 0.1) is 0 Å². The molecule has 258 valence electrons. The number of hydrogen-bond donors (Lipinski definition) is 5. The Bertz CT molecular complexity index is 1980. The van der Waals surface area contributed by atoms with Gasteiger partial charge in [0.2, 0.25) is 11.5 Å². The van der Waals surface area contributed by atoms with Crippen LogP contribution in [0.2, 0.25) is 0 Å². The second-order valence-corrected chi connectivity index (χ2v) is 12.8. The van der Waals surface area contributed by atoms with Gasteiger partial charge in [-0.15, -0.1) is 0 Å². The lowest BCUT2D eigenvalue weighted by atomic mass is 9.73. The minimum atomic E-state index is -0.949. The number of nitrogens with one attached hydrogen (secondary N) is 2. The van der Waals surface area contributed by atoms with Crippen LogP contribution in [0.5, 0.6) is 11.5 Å². The monoisotopic (exact) mass is 675 g/mol. The second-order valence-electron chi connectivity index (χ2n) is 12.8. The zero-order valence-electron chi connectivity index (χ0n) is 27.7. The summed E-state index contributed by atoms with van der Waals surface area (Å²) in [5.74, 6) is -0.109. The Morgan fingerprint density at radius 3 is 2.24 bits per heavy atom. The number of carbonyl (C=O) groups is 2. The van der Waals surface area contributed by atoms with Gasteiger partial charge < -0.3 is 35.3 Å². The molecule has 5 aromatic rings. The molecule has 1 unspecified atom stereocenters. The normalized spacial score (nSPS) is 14.7. The third-order valence-electron chi connectivity index (χ3n) is 9.62. The summed E-state index contributed by atoms with van der Waals surface area (Å²) in [5.41, 5.74) is 3.52. The smallest absolute Gasteiger partial charge is 0.314 e. The molecule has 10 heteroatoms. The fraction of sp³-hybridized carbons (Fsp3) is 0.275. The highest BCUT2D eigenvalue weighted by Crippen LogP contribution is 2.36. The Kier molecular flexibility index (Phi) is 10.6. The van der Waals surface area contributed by atoms with Crippen LogP contribution in [0.25, 0.3) is 10.9 Å². The summed E-state index contributed by atoms with van der Waals surface area (Å²) in [7, 11) is 0. The summed E-state index contributed by atoms with van der Waals surface area (Å²) < 4.78 is 5.98. The van der Waals surface area contributed by atoms with E-state index in [-0.39, 0.29) is 23.8 Å². The highest BCUT2D eigenvalue weighted by molar-refractivity contribution is 5.87. The van der Waals surface area contributed by atoms with E-state index in [2.05, 4.69) is 10.3 Å². The number of nitrogens with zero attached hydrogens (tertiary/aromatic N) is 1. The Morgan fingerprint density at radius 2 is 1.54 bits per heavy atom. The number of aromatic nitrogens is 1. The number of H-pyrrole nitrogens is 1. The predicted molar refractivity (Wildman–Crippen MR) is 190 cm³/mol. The number of hydrogen-bond acceptors (Lipinski definition) is 7. The van der Waals surface area contributed by atoms with E-state index in [4.69, 9.17) is 4.74 Å². The third kappa shape index (κ3) is 7.88. The number of phenolic OH excluding ortho intramolecular Hbond substituents is 1. The van der Waals surface area contributed by atoms with E-state index in [0.29, 0.717) is 68.4 Å². The van der Waals surface area contributed by atoms with Crippen molar-refractivity contribution >= 4 is 22.8 Å². The highest BCUT2D eigenvalue weighted by atomic mass is 16.5. The van der Waals surface area contributed by atoms with Gasteiger partial charge in [-0.3, -0.25) is 14.4 Å². The molecule has 4 aromatic carbocycles. The summed E-state index contributed by atoms with van der Waals surface area (Å²) in [6.07, 6.45) is 0.928. The number of amides is 1. The molecule has 0 saturated carbocycles. The van der Waals surface area contributed by atoms with Gasteiger partial charge in [0.25, 0.3) is 0 Å². The number of piperidine rings is 1. The Labute approximate surface area is 290 Å². The molecule has 0 radical (unpaired) electrons. The van der Waals surface area contributed by atoms with Crippen LogP contribution in [0.15, 0.2) is 108 Å². The first-order valence-electron chi connectivity index (χ1n) is 16.8. The van der Waals surface area contributed by atoms with Crippen LogP contribution < -0.4 is 15.6 Å². The molecule has 1 aromatic heterocycles. The first kappa shape index (κ1) is 34.4. The van der Waals surface area contributed by atoms with E-state index >= 15 is 0 Å². The number of carbonyl (C=O) groups excluding carboxylic acids is 1. The standard InChI is InChI=1S/C40H41N3O7/c44-34-17-15-32(33-16-18-36(46)42-38(33)34)35(45)25-41-24-28-6-8-29(9-7-28)26-50-31-13-10-27(11-14-31)12-19-37(47)43-22-20-40(21-23-43,39(48)49)30-4-2-1-3-5-30/h1-11,13-18,35,41,44-45H,12,19-26H2,(H,42,46)(H,48,49). The molecule has 1 aliphatic heterocycles. The molecule has 1 atom stereocenters. The van der Waals surface area contributed by atoms with Crippen LogP contribution in [-0.2, 0) is 34.6 Å². The van der Waals surface area contributed by atoms with Crippen molar-refractivity contribution in [3.05, 3.63) is 141 Å². The van der Waals surface area contributed by atoms with Crippen molar-refractivity contribution in [2.75, 3.05) is 19.6 Å². The molecule has 0 aliphatic carbocycles. The zero-order chi connectivity index (χ0) is 35.1. The maximum atomic E-state index is 13.0. The van der Waals surface area contributed by atoms with Gasteiger partial charge in [-0.05, 0) is 71.3 Å². The lowest BCUT2D eigenvalue weighted by Crippen LogP contribution is -2.49. The number of fused-ring (bicyclic) bond motifs is 1. The average Bonchev–Trinajstić information content (AvgIpc) is 3.14. The van der Waals surface area contributed by atoms with Gasteiger partial charge in [-0.2, -0.15) is 0 Å². The first-order chi connectivity index (χ1) is 24.2. The van der Waals surface area contributed by atoms with E-state index in [1.165, 1.54) is 12.1 Å². The van der Waals surface area contributed by atoms with Gasteiger partial charge in [0.05, 0.1) is 17.0 Å². The molecule has 0 spiro atoms. The Balaban J connectivity index is 0.920. The van der Waals surface area contributed by atoms with Crippen molar-refractivity contribution < 1.29 is 29.6 Å². The molecule has 1 aliphatic rings. The number of likely N-dealkylation sites (tertiary alicyclic amines) is 1. The van der Waals surface area contributed by atoms with Crippen LogP contribution in [-0.4, -0.2) is 56.7 Å². The van der Waals surface area contributed by atoms with Crippen molar-refractivity contribution in [1.29, 1.82) is 0 Å². The molecule has 2 heterocycles. The van der Waals surface area contributed by atoms with Crippen molar-refractivity contribution in [1.82, 2.24) is 15.2 Å². The van der Waals surface area contributed by atoms with Crippen LogP contribution >= 0.6 is 0 Å². The molecular formula is C40H41N3O7. The summed E-state index contributed by atoms with van der Waals surface area (Å²) in [4.78, 5) is 41.3. The Morgan fingerprint density at radius 1 is 0.860 bits per heavy atom. The fourth-order valence-corrected chi connectivity index (χ4v) is 6.62. The number of rotatable bonds is 13. The number of aromatic hydroxyl groups is 1. The number of aryl methyl sites for hydroxylation is 1. The van der Waals surface area contributed by atoms with Gasteiger partial charge in [0.1, 0.15) is 18.1 Å². The van der Waals surface area contributed by atoms with Gasteiger partial charge in [0, 0.05) is 44.1 Å². The molecule has 10 nitrogen and oxygen atoms in total. The first-order valence-corrected chi connectivity index (χ1v) is 16.8. The second kappa shape index (κ2) is 15.4. The molecule has 5 N–H and O–H groups in total. The number of ether oxygens (including phenoxy) is 1. The van der Waals surface area contributed by atoms with Crippen LogP contribution in [0.3, 0.4) is 0 Å². The third-order valence-corrected chi connectivity index (χ3v) is 9.62. The van der Waals surface area contributed by atoms with Crippen molar-refractivity contribution in [3.63, 3.8) is 0 Å². The molecule has 1 fully saturated rings. The number of carboxylic acids is 1. The quantitative estimate of drug-likeness (QED) is 0.114. The SMILES string of the molecule is O=C(CCc1ccc(OCc2ccc(CNCC(O)c3ccc(O)c4[nH]c(=O)ccc34)cc2)cc1)N1CCC(C(=O)O)(c2ccccc2)CC1. The van der Waals surface area contributed by atoms with Crippen molar-refractivity contribution in [2.45, 2.75) is 50.4 Å². The summed E-state index contributed by atoms with van der Waals surface area (Å²) in [5, 5.41) is 34.8. The largest absolute Gasteiger partial charge is 0.506 e.